The molecule has 4 nitrogen and oxygen atoms in total. The van der Waals surface area contributed by atoms with Crippen LogP contribution >= 0.6 is 0 Å². The highest BCUT2D eigenvalue weighted by Crippen LogP contribution is 2.25. The smallest absolute Gasteiger partial charge is 0.120 e. The van der Waals surface area contributed by atoms with E-state index in [1.165, 1.54) is 0 Å². The molecule has 27 heavy (non-hydrogen) atoms. The van der Waals surface area contributed by atoms with E-state index in [1.807, 2.05) is 36.4 Å². The maximum absolute atomic E-state index is 9.38. The minimum atomic E-state index is 0.244. The second-order valence-corrected chi connectivity index (χ2v) is 6.84. The van der Waals surface area contributed by atoms with E-state index >= 15 is 0 Å². The summed E-state index contributed by atoms with van der Waals surface area (Å²) in [5, 5.41) is 9.38. The fourth-order valence-electron chi connectivity index (χ4n) is 3.37. The number of hydrogen-bond acceptors (Lipinski definition) is 3. The van der Waals surface area contributed by atoms with Gasteiger partial charge in [0.25, 0.3) is 0 Å². The number of aryl methyl sites for hydroxylation is 1. The molecule has 0 spiro atoms. The highest BCUT2D eigenvalue weighted by atomic mass is 16.5. The Labute approximate surface area is 159 Å². The van der Waals surface area contributed by atoms with E-state index in [9.17, 15) is 5.11 Å². The minimum Gasteiger partial charge on any atom is -0.497 e. The number of rotatable bonds is 3. The summed E-state index contributed by atoms with van der Waals surface area (Å²) in [7, 11) is 1.66. The Balaban J connectivity index is 1.52. The van der Waals surface area contributed by atoms with E-state index < -0.39 is 0 Å². The van der Waals surface area contributed by atoms with Gasteiger partial charge in [0, 0.05) is 48.4 Å². The summed E-state index contributed by atoms with van der Waals surface area (Å²) in [5.41, 5.74) is 3.96. The van der Waals surface area contributed by atoms with Crippen LogP contribution in [0.25, 0.3) is 11.3 Å². The highest BCUT2D eigenvalue weighted by Gasteiger charge is 2.20. The molecule has 136 valence electrons. The molecule has 4 heteroatoms. The van der Waals surface area contributed by atoms with Crippen molar-refractivity contribution in [1.82, 2.24) is 9.55 Å². The second-order valence-electron chi connectivity index (χ2n) is 6.84. The van der Waals surface area contributed by atoms with Crippen LogP contribution in [-0.2, 0) is 13.0 Å². The van der Waals surface area contributed by atoms with Crippen LogP contribution in [0.3, 0.4) is 0 Å². The number of aliphatic hydroxyl groups excluding tert-OH is 1. The Morgan fingerprint density at radius 3 is 2.74 bits per heavy atom. The number of ether oxygens (including phenoxy) is 1. The van der Waals surface area contributed by atoms with Gasteiger partial charge in [-0.25, -0.2) is 4.98 Å². The number of hydrogen-bond donors (Lipinski definition) is 1. The summed E-state index contributed by atoms with van der Waals surface area (Å²) in [4.78, 5) is 4.76. The van der Waals surface area contributed by atoms with Crippen LogP contribution < -0.4 is 4.74 Å². The van der Waals surface area contributed by atoms with Crippen molar-refractivity contribution in [3.63, 3.8) is 0 Å². The van der Waals surface area contributed by atoms with E-state index in [2.05, 4.69) is 34.7 Å². The lowest BCUT2D eigenvalue weighted by molar-refractivity contribution is 0.190. The molecule has 1 aromatic heterocycles. The van der Waals surface area contributed by atoms with Crippen molar-refractivity contribution in [2.75, 3.05) is 13.7 Å². The van der Waals surface area contributed by atoms with E-state index in [-0.39, 0.29) is 6.61 Å². The molecule has 0 radical (unpaired) electrons. The SMILES string of the molecule is COc1cccc(C#Cc2ccc(-c3cn4c(n3)CCC(CO)C4)cc2)c1. The predicted octanol–water partition coefficient (Wildman–Crippen LogP) is 3.51. The maximum atomic E-state index is 9.38. The number of imidazole rings is 1. The molecule has 1 aliphatic rings. The predicted molar refractivity (Wildman–Crippen MR) is 106 cm³/mol. The van der Waals surface area contributed by atoms with Crippen molar-refractivity contribution in [1.29, 1.82) is 0 Å². The lowest BCUT2D eigenvalue weighted by Gasteiger charge is -2.21. The van der Waals surface area contributed by atoms with Crippen LogP contribution in [0.15, 0.2) is 54.7 Å². The van der Waals surface area contributed by atoms with Gasteiger partial charge < -0.3 is 14.4 Å². The quantitative estimate of drug-likeness (QED) is 0.729. The Morgan fingerprint density at radius 2 is 1.96 bits per heavy atom. The van der Waals surface area contributed by atoms with Crippen LogP contribution in [0.5, 0.6) is 5.75 Å². The van der Waals surface area contributed by atoms with E-state index in [0.29, 0.717) is 5.92 Å². The van der Waals surface area contributed by atoms with Gasteiger partial charge in [0.05, 0.1) is 12.8 Å². The summed E-state index contributed by atoms with van der Waals surface area (Å²) in [6.07, 6.45) is 4.02. The number of benzene rings is 2. The molecule has 0 amide bonds. The van der Waals surface area contributed by atoms with Gasteiger partial charge in [-0.3, -0.25) is 0 Å². The molecular weight excluding hydrogens is 336 g/mol. The Morgan fingerprint density at radius 1 is 1.15 bits per heavy atom. The topological polar surface area (TPSA) is 47.3 Å². The molecule has 2 heterocycles. The summed E-state index contributed by atoms with van der Waals surface area (Å²) in [6, 6.07) is 15.9. The molecule has 1 N–H and O–H groups in total. The first-order chi connectivity index (χ1) is 13.2. The lowest BCUT2D eigenvalue weighted by Crippen LogP contribution is -2.22. The average molecular weight is 358 g/mol. The number of methoxy groups -OCH3 is 1. The first-order valence-electron chi connectivity index (χ1n) is 9.18. The molecule has 4 rings (SSSR count). The third-order valence-electron chi connectivity index (χ3n) is 4.95. The zero-order valence-electron chi connectivity index (χ0n) is 15.4. The van der Waals surface area contributed by atoms with Crippen molar-refractivity contribution >= 4 is 0 Å². The van der Waals surface area contributed by atoms with Crippen molar-refractivity contribution in [2.24, 2.45) is 5.92 Å². The molecule has 1 atom stereocenters. The summed E-state index contributed by atoms with van der Waals surface area (Å²) in [5.74, 6) is 8.63. The summed E-state index contributed by atoms with van der Waals surface area (Å²) in [6.45, 7) is 1.09. The lowest BCUT2D eigenvalue weighted by atomic mass is 10.0. The minimum absolute atomic E-state index is 0.244. The van der Waals surface area contributed by atoms with Gasteiger partial charge in [-0.1, -0.05) is 30.0 Å². The van der Waals surface area contributed by atoms with Crippen LogP contribution in [0.2, 0.25) is 0 Å². The van der Waals surface area contributed by atoms with E-state index in [4.69, 9.17) is 9.72 Å². The first-order valence-corrected chi connectivity index (χ1v) is 9.18. The summed E-state index contributed by atoms with van der Waals surface area (Å²) >= 11 is 0. The largest absolute Gasteiger partial charge is 0.497 e. The van der Waals surface area contributed by atoms with Crippen LogP contribution in [0.4, 0.5) is 0 Å². The Kier molecular flexibility index (Phi) is 4.95. The van der Waals surface area contributed by atoms with Gasteiger partial charge in [0.1, 0.15) is 11.6 Å². The van der Waals surface area contributed by atoms with Gasteiger partial charge in [-0.2, -0.15) is 0 Å². The molecule has 0 saturated heterocycles. The average Bonchev–Trinajstić information content (AvgIpc) is 3.16. The van der Waals surface area contributed by atoms with Gasteiger partial charge >= 0.3 is 0 Å². The van der Waals surface area contributed by atoms with Gasteiger partial charge in [0.15, 0.2) is 0 Å². The molecule has 0 bridgehead atoms. The molecule has 1 aliphatic heterocycles. The zero-order valence-corrected chi connectivity index (χ0v) is 15.4. The molecule has 2 aromatic carbocycles. The Hall–Kier alpha value is -3.03. The van der Waals surface area contributed by atoms with Crippen molar-refractivity contribution < 1.29 is 9.84 Å². The highest BCUT2D eigenvalue weighted by molar-refractivity contribution is 5.60. The number of fused-ring (bicyclic) bond motifs is 1. The van der Waals surface area contributed by atoms with Crippen molar-refractivity contribution in [2.45, 2.75) is 19.4 Å². The van der Waals surface area contributed by atoms with Crippen molar-refractivity contribution in [3.8, 4) is 28.8 Å². The Bertz CT molecular complexity index is 993. The van der Waals surface area contributed by atoms with Gasteiger partial charge in [0.2, 0.25) is 0 Å². The molecule has 0 aliphatic carbocycles. The fraction of sp³-hybridized carbons (Fsp3) is 0.261. The zero-order chi connectivity index (χ0) is 18.6. The first kappa shape index (κ1) is 17.4. The molecule has 3 aromatic rings. The maximum Gasteiger partial charge on any atom is 0.120 e. The van der Waals surface area contributed by atoms with Gasteiger partial charge in [-0.15, -0.1) is 0 Å². The van der Waals surface area contributed by atoms with E-state index in [1.54, 1.807) is 7.11 Å². The number of aliphatic hydroxyl groups is 1. The molecule has 0 saturated carbocycles. The van der Waals surface area contributed by atoms with Crippen LogP contribution in [0, 0.1) is 17.8 Å². The normalized spacial score (nSPS) is 15.6. The van der Waals surface area contributed by atoms with Crippen LogP contribution in [0.1, 0.15) is 23.4 Å². The van der Waals surface area contributed by atoms with Gasteiger partial charge in [-0.05, 0) is 36.8 Å². The monoisotopic (exact) mass is 358 g/mol. The van der Waals surface area contributed by atoms with E-state index in [0.717, 1.165) is 53.3 Å². The molecular formula is C23H22N2O2. The number of aromatic nitrogens is 2. The summed E-state index contributed by atoms with van der Waals surface area (Å²) < 4.78 is 7.41. The number of nitrogens with zero attached hydrogens (tertiary/aromatic N) is 2. The molecule has 1 unspecified atom stereocenters. The third-order valence-corrected chi connectivity index (χ3v) is 4.95. The fourth-order valence-corrected chi connectivity index (χ4v) is 3.37. The second kappa shape index (κ2) is 7.69. The standard InChI is InChI=1S/C23H22N2O2/c1-27-21-4-2-3-18(13-21)6-5-17-7-10-20(11-8-17)22-15-25-14-19(16-26)9-12-23(25)24-22/h2-4,7-8,10-11,13,15,19,26H,9,12,14,16H2,1H3. The molecule has 0 fully saturated rings. The van der Waals surface area contributed by atoms with Crippen molar-refractivity contribution in [3.05, 3.63) is 71.7 Å². The third kappa shape index (κ3) is 3.89. The van der Waals surface area contributed by atoms with Crippen LogP contribution in [-0.4, -0.2) is 28.4 Å².